The Hall–Kier alpha value is -1.27. The molecule has 22 heavy (non-hydrogen) atoms. The standard InChI is InChI=1S/C18H29N2O.ClH/c1-2-3-4-5-6-7-8-9-10-11-16-21-18-14-12-17(20-19)13-15-18;/h12-15H,2-11,16H2,1H3;1H/q+1;/p-1. The van der Waals surface area contributed by atoms with Crippen LogP contribution in [0.4, 0.5) is 5.69 Å². The largest absolute Gasteiger partial charge is 1.00 e. The van der Waals surface area contributed by atoms with Gasteiger partial charge in [0.2, 0.25) is 5.39 Å². The lowest BCUT2D eigenvalue weighted by Gasteiger charge is -2.05. The van der Waals surface area contributed by atoms with Gasteiger partial charge in [0.15, 0.2) is 4.98 Å². The van der Waals surface area contributed by atoms with Gasteiger partial charge in [-0.15, -0.1) is 0 Å². The van der Waals surface area contributed by atoms with Crippen LogP contribution in [0.5, 0.6) is 5.75 Å². The molecule has 0 aromatic heterocycles. The third kappa shape index (κ3) is 10.5. The summed E-state index contributed by atoms with van der Waals surface area (Å²) in [4.78, 5) is 3.12. The average molecular weight is 325 g/mol. The molecule has 1 aromatic rings. The van der Waals surface area contributed by atoms with Crippen LogP contribution in [-0.4, -0.2) is 6.61 Å². The zero-order valence-electron chi connectivity index (χ0n) is 13.8. The molecular formula is C18H29ClN2O. The second-order valence-electron chi connectivity index (χ2n) is 5.62. The van der Waals surface area contributed by atoms with E-state index < -0.39 is 0 Å². The van der Waals surface area contributed by atoms with Gasteiger partial charge in [-0.2, -0.15) is 0 Å². The van der Waals surface area contributed by atoms with E-state index in [1.165, 1.54) is 57.8 Å². The molecular weight excluding hydrogens is 296 g/mol. The number of benzene rings is 1. The van der Waals surface area contributed by atoms with E-state index in [0.29, 0.717) is 5.69 Å². The lowest BCUT2D eigenvalue weighted by molar-refractivity contribution is -0.00000522. The molecule has 0 spiro atoms. The van der Waals surface area contributed by atoms with Gasteiger partial charge in [-0.05, 0) is 18.6 Å². The SMILES string of the molecule is CCCCCCCCCCCCOc1ccc([N+]#N)cc1.[Cl-]. The Bertz CT molecular complexity index is 401. The number of rotatable bonds is 12. The molecule has 0 aliphatic carbocycles. The Kier molecular flexibility index (Phi) is 13.8. The van der Waals surface area contributed by atoms with Crippen molar-refractivity contribution < 1.29 is 17.1 Å². The second kappa shape index (κ2) is 14.7. The minimum Gasteiger partial charge on any atom is -1.00 e. The molecule has 0 fully saturated rings. The number of unbranched alkanes of at least 4 members (excludes halogenated alkanes) is 9. The molecule has 1 rings (SSSR count). The Morgan fingerprint density at radius 2 is 1.32 bits per heavy atom. The van der Waals surface area contributed by atoms with Crippen molar-refractivity contribution in [3.8, 4) is 5.75 Å². The van der Waals surface area contributed by atoms with Crippen LogP contribution in [0, 0.1) is 5.39 Å². The molecule has 124 valence electrons. The van der Waals surface area contributed by atoms with Crippen LogP contribution in [0.1, 0.15) is 71.1 Å². The van der Waals surface area contributed by atoms with Crippen molar-refractivity contribution in [2.24, 2.45) is 0 Å². The first kappa shape index (κ1) is 20.7. The Labute approximate surface area is 141 Å². The summed E-state index contributed by atoms with van der Waals surface area (Å²) >= 11 is 0. The van der Waals surface area contributed by atoms with Crippen molar-refractivity contribution in [2.45, 2.75) is 71.1 Å². The predicted octanol–water partition coefficient (Wildman–Crippen LogP) is 3.47. The molecule has 0 bridgehead atoms. The first-order chi connectivity index (χ1) is 10.4. The zero-order valence-corrected chi connectivity index (χ0v) is 14.5. The van der Waals surface area contributed by atoms with Gasteiger partial charge in [-0.3, -0.25) is 0 Å². The van der Waals surface area contributed by atoms with Gasteiger partial charge in [0, 0.05) is 12.1 Å². The number of halogens is 1. The van der Waals surface area contributed by atoms with Crippen LogP contribution in [0.25, 0.3) is 4.98 Å². The lowest BCUT2D eigenvalue weighted by atomic mass is 10.1. The van der Waals surface area contributed by atoms with Crippen molar-refractivity contribution >= 4 is 5.69 Å². The van der Waals surface area contributed by atoms with Gasteiger partial charge < -0.3 is 17.1 Å². The van der Waals surface area contributed by atoms with Gasteiger partial charge >= 0.3 is 5.69 Å². The molecule has 0 saturated carbocycles. The first-order valence-corrected chi connectivity index (χ1v) is 8.44. The summed E-state index contributed by atoms with van der Waals surface area (Å²) in [6, 6.07) is 7.17. The van der Waals surface area contributed by atoms with Crippen molar-refractivity contribution in [3.05, 3.63) is 29.2 Å². The number of diazo groups is 1. The molecule has 3 nitrogen and oxygen atoms in total. The maximum atomic E-state index is 8.59. The van der Waals surface area contributed by atoms with Crippen LogP contribution in [-0.2, 0) is 0 Å². The molecule has 0 atom stereocenters. The first-order valence-electron chi connectivity index (χ1n) is 8.44. The van der Waals surface area contributed by atoms with Gasteiger partial charge in [0.1, 0.15) is 5.75 Å². The molecule has 0 unspecified atom stereocenters. The van der Waals surface area contributed by atoms with Gasteiger partial charge in [0.05, 0.1) is 6.61 Å². The van der Waals surface area contributed by atoms with Crippen molar-refractivity contribution in [1.82, 2.24) is 0 Å². The van der Waals surface area contributed by atoms with Crippen molar-refractivity contribution in [1.29, 1.82) is 5.39 Å². The van der Waals surface area contributed by atoms with Gasteiger partial charge in [-0.1, -0.05) is 64.7 Å². The fourth-order valence-electron chi connectivity index (χ4n) is 2.39. The van der Waals surface area contributed by atoms with Crippen molar-refractivity contribution in [2.75, 3.05) is 6.61 Å². The van der Waals surface area contributed by atoms with Crippen LogP contribution in [0.15, 0.2) is 24.3 Å². The predicted molar refractivity (Wildman–Crippen MR) is 88.5 cm³/mol. The zero-order chi connectivity index (χ0) is 15.2. The van der Waals surface area contributed by atoms with Crippen LogP contribution < -0.4 is 17.1 Å². The topological polar surface area (TPSA) is 37.4 Å². The van der Waals surface area contributed by atoms with Crippen LogP contribution in [0.2, 0.25) is 0 Å². The highest BCUT2D eigenvalue weighted by Gasteiger charge is 2.02. The summed E-state index contributed by atoms with van der Waals surface area (Å²) in [5, 5.41) is 8.59. The van der Waals surface area contributed by atoms with E-state index in [9.17, 15) is 0 Å². The molecule has 0 aliphatic rings. The van der Waals surface area contributed by atoms with E-state index in [1.807, 2.05) is 12.1 Å². The Morgan fingerprint density at radius 3 is 1.82 bits per heavy atom. The second-order valence-corrected chi connectivity index (χ2v) is 5.62. The maximum Gasteiger partial charge on any atom is 0.385 e. The monoisotopic (exact) mass is 324 g/mol. The Balaban J connectivity index is 0.00000441. The quantitative estimate of drug-likeness (QED) is 0.436. The van der Waals surface area contributed by atoms with Gasteiger partial charge in [-0.25, -0.2) is 0 Å². The van der Waals surface area contributed by atoms with Crippen LogP contribution >= 0.6 is 0 Å². The molecule has 0 heterocycles. The molecule has 0 amide bonds. The Morgan fingerprint density at radius 1 is 0.818 bits per heavy atom. The van der Waals surface area contributed by atoms with E-state index >= 15 is 0 Å². The van der Waals surface area contributed by atoms with E-state index in [2.05, 4.69) is 11.9 Å². The minimum atomic E-state index is 0. The number of nitrogens with zero attached hydrogens (tertiary/aromatic N) is 2. The molecule has 1 aromatic carbocycles. The van der Waals surface area contributed by atoms with Gasteiger partial charge in [0.25, 0.3) is 0 Å². The molecule has 0 aliphatic heterocycles. The molecule has 0 radical (unpaired) electrons. The normalized spacial score (nSPS) is 9.82. The summed E-state index contributed by atoms with van der Waals surface area (Å²) in [6.45, 7) is 3.03. The highest BCUT2D eigenvalue weighted by Crippen LogP contribution is 2.18. The van der Waals surface area contributed by atoms with Crippen LogP contribution in [0.3, 0.4) is 0 Å². The maximum absolute atomic E-state index is 8.59. The van der Waals surface area contributed by atoms with E-state index in [0.717, 1.165) is 18.8 Å². The lowest BCUT2D eigenvalue weighted by Crippen LogP contribution is -3.00. The third-order valence-electron chi connectivity index (χ3n) is 3.72. The summed E-state index contributed by atoms with van der Waals surface area (Å²) in [7, 11) is 0. The fourth-order valence-corrected chi connectivity index (χ4v) is 2.39. The van der Waals surface area contributed by atoms with E-state index in [4.69, 9.17) is 10.1 Å². The fraction of sp³-hybridized carbons (Fsp3) is 0.667. The number of hydrogen-bond donors (Lipinski definition) is 0. The molecule has 0 N–H and O–H groups in total. The number of ether oxygens (including phenoxy) is 1. The summed E-state index contributed by atoms with van der Waals surface area (Å²) in [5.41, 5.74) is 0.557. The number of hydrogen-bond acceptors (Lipinski definition) is 2. The minimum absolute atomic E-state index is 0. The van der Waals surface area contributed by atoms with Crippen molar-refractivity contribution in [3.63, 3.8) is 0 Å². The highest BCUT2D eigenvalue weighted by molar-refractivity contribution is 5.46. The smallest absolute Gasteiger partial charge is 0.385 e. The average Bonchev–Trinajstić information content (AvgIpc) is 2.53. The molecule has 0 saturated heterocycles. The summed E-state index contributed by atoms with van der Waals surface area (Å²) in [6.07, 6.45) is 13.4. The van der Waals surface area contributed by atoms with E-state index in [-0.39, 0.29) is 12.4 Å². The summed E-state index contributed by atoms with van der Waals surface area (Å²) < 4.78 is 5.65. The molecule has 4 heteroatoms. The third-order valence-corrected chi connectivity index (χ3v) is 3.72. The van der Waals surface area contributed by atoms with E-state index in [1.54, 1.807) is 12.1 Å². The highest BCUT2D eigenvalue weighted by atomic mass is 35.5. The summed E-state index contributed by atoms with van der Waals surface area (Å²) in [5.74, 6) is 0.846.